The van der Waals surface area contributed by atoms with Gasteiger partial charge in [0.2, 0.25) is 6.79 Å². The second-order valence-corrected chi connectivity index (χ2v) is 6.78. The molecule has 1 heterocycles. The molecule has 4 nitrogen and oxygen atoms in total. The van der Waals surface area contributed by atoms with Gasteiger partial charge in [0.1, 0.15) is 0 Å². The zero-order chi connectivity index (χ0) is 17.1. The molecule has 2 aromatic rings. The van der Waals surface area contributed by atoms with E-state index in [4.69, 9.17) is 9.47 Å². The van der Waals surface area contributed by atoms with Gasteiger partial charge in [-0.25, -0.2) is 0 Å². The van der Waals surface area contributed by atoms with E-state index in [0.29, 0.717) is 12.6 Å². The van der Waals surface area contributed by atoms with Crippen LogP contribution in [0.15, 0.2) is 48.5 Å². The van der Waals surface area contributed by atoms with E-state index in [0.717, 1.165) is 35.5 Å². The Bertz CT molecular complexity index is 738. The standard InChI is InChI=1S/C21H23NO3/c23-21(17-7-3-1-4-8-17)22(18-9-5-2-6-10-18)14-16-11-12-19-20(13-16)25-15-24-19/h1,3-4,7-8,11-13,18H,2,5-6,9-10,14-15H2. The van der Waals surface area contributed by atoms with Crippen molar-refractivity contribution in [3.63, 3.8) is 0 Å². The second kappa shape index (κ2) is 7.18. The quantitative estimate of drug-likeness (QED) is 0.830. The van der Waals surface area contributed by atoms with Crippen LogP contribution >= 0.6 is 0 Å². The van der Waals surface area contributed by atoms with E-state index >= 15 is 0 Å². The van der Waals surface area contributed by atoms with Crippen molar-refractivity contribution in [1.29, 1.82) is 0 Å². The Labute approximate surface area is 148 Å². The highest BCUT2D eigenvalue weighted by Gasteiger charge is 2.27. The Morgan fingerprint density at radius 1 is 0.960 bits per heavy atom. The van der Waals surface area contributed by atoms with Crippen molar-refractivity contribution in [3.8, 4) is 11.5 Å². The largest absolute Gasteiger partial charge is 0.454 e. The van der Waals surface area contributed by atoms with Gasteiger partial charge in [-0.15, -0.1) is 0 Å². The Balaban J connectivity index is 1.59. The number of fused-ring (bicyclic) bond motifs is 1. The first-order chi connectivity index (χ1) is 12.3. The summed E-state index contributed by atoms with van der Waals surface area (Å²) in [5, 5.41) is 0. The van der Waals surface area contributed by atoms with Crippen molar-refractivity contribution >= 4 is 5.91 Å². The molecule has 2 aliphatic rings. The average Bonchev–Trinajstić information content (AvgIpc) is 3.15. The molecular formula is C21H23NO3. The first-order valence-corrected chi connectivity index (χ1v) is 9.06. The number of hydrogen-bond donors (Lipinski definition) is 0. The molecule has 0 N–H and O–H groups in total. The predicted octanol–water partition coefficient (Wildman–Crippen LogP) is 4.39. The molecule has 0 radical (unpaired) electrons. The molecule has 4 rings (SSSR count). The molecule has 0 bridgehead atoms. The van der Waals surface area contributed by atoms with E-state index in [2.05, 4.69) is 0 Å². The van der Waals surface area contributed by atoms with Crippen molar-refractivity contribution < 1.29 is 14.3 Å². The third kappa shape index (κ3) is 3.48. The fourth-order valence-electron chi connectivity index (χ4n) is 3.74. The topological polar surface area (TPSA) is 38.8 Å². The molecule has 2 aromatic carbocycles. The lowest BCUT2D eigenvalue weighted by molar-refractivity contribution is 0.0614. The van der Waals surface area contributed by atoms with Crippen LogP contribution in [0.5, 0.6) is 11.5 Å². The first-order valence-electron chi connectivity index (χ1n) is 9.06. The summed E-state index contributed by atoms with van der Waals surface area (Å²) < 4.78 is 10.9. The maximum Gasteiger partial charge on any atom is 0.254 e. The fourth-order valence-corrected chi connectivity index (χ4v) is 3.74. The predicted molar refractivity (Wildman–Crippen MR) is 95.8 cm³/mol. The van der Waals surface area contributed by atoms with E-state index in [1.807, 2.05) is 53.4 Å². The minimum absolute atomic E-state index is 0.116. The van der Waals surface area contributed by atoms with Crippen LogP contribution in [-0.2, 0) is 6.54 Å². The Hall–Kier alpha value is -2.49. The first kappa shape index (κ1) is 16.0. The lowest BCUT2D eigenvalue weighted by atomic mass is 9.93. The Morgan fingerprint density at radius 2 is 1.72 bits per heavy atom. The molecule has 130 valence electrons. The van der Waals surface area contributed by atoms with Gasteiger partial charge in [0.25, 0.3) is 5.91 Å². The van der Waals surface area contributed by atoms with E-state index in [1.165, 1.54) is 19.3 Å². The number of hydrogen-bond acceptors (Lipinski definition) is 3. The number of ether oxygens (including phenoxy) is 2. The molecular weight excluding hydrogens is 314 g/mol. The second-order valence-electron chi connectivity index (χ2n) is 6.78. The highest BCUT2D eigenvalue weighted by molar-refractivity contribution is 5.94. The maximum absolute atomic E-state index is 13.2. The summed E-state index contributed by atoms with van der Waals surface area (Å²) in [5.41, 5.74) is 1.84. The van der Waals surface area contributed by atoms with E-state index < -0.39 is 0 Å². The summed E-state index contributed by atoms with van der Waals surface area (Å²) in [6.07, 6.45) is 5.84. The van der Waals surface area contributed by atoms with Gasteiger partial charge in [0.05, 0.1) is 0 Å². The molecule has 0 unspecified atom stereocenters. The van der Waals surface area contributed by atoms with E-state index in [1.54, 1.807) is 0 Å². The summed E-state index contributed by atoms with van der Waals surface area (Å²) in [5.74, 6) is 1.67. The molecule has 1 fully saturated rings. The van der Waals surface area contributed by atoms with Gasteiger partial charge in [0, 0.05) is 18.2 Å². The van der Waals surface area contributed by atoms with Crippen LogP contribution in [-0.4, -0.2) is 23.6 Å². The Morgan fingerprint density at radius 3 is 2.52 bits per heavy atom. The van der Waals surface area contributed by atoms with Crippen LogP contribution in [0.4, 0.5) is 0 Å². The molecule has 0 aromatic heterocycles. The van der Waals surface area contributed by atoms with Gasteiger partial charge in [-0.2, -0.15) is 0 Å². The van der Waals surface area contributed by atoms with Crippen molar-refractivity contribution in [2.75, 3.05) is 6.79 Å². The average molecular weight is 337 g/mol. The minimum Gasteiger partial charge on any atom is -0.454 e. The summed E-state index contributed by atoms with van der Waals surface area (Å²) in [4.78, 5) is 15.2. The van der Waals surface area contributed by atoms with Gasteiger partial charge < -0.3 is 14.4 Å². The molecule has 1 saturated carbocycles. The lowest BCUT2D eigenvalue weighted by Crippen LogP contribution is -2.41. The smallest absolute Gasteiger partial charge is 0.254 e. The van der Waals surface area contributed by atoms with E-state index in [-0.39, 0.29) is 12.7 Å². The van der Waals surface area contributed by atoms with Crippen LogP contribution in [0.25, 0.3) is 0 Å². The number of nitrogens with zero attached hydrogens (tertiary/aromatic N) is 1. The fraction of sp³-hybridized carbons (Fsp3) is 0.381. The molecule has 1 amide bonds. The molecule has 1 aliphatic heterocycles. The zero-order valence-corrected chi connectivity index (χ0v) is 14.3. The highest BCUT2D eigenvalue weighted by atomic mass is 16.7. The number of amides is 1. The summed E-state index contributed by atoms with van der Waals surface area (Å²) in [7, 11) is 0. The van der Waals surface area contributed by atoms with E-state index in [9.17, 15) is 4.79 Å². The zero-order valence-electron chi connectivity index (χ0n) is 14.3. The normalized spacial score (nSPS) is 16.6. The number of benzene rings is 2. The SMILES string of the molecule is O=C(c1ccccc1)N(Cc1ccc2c(c1)OCO2)C1CCCCC1. The van der Waals surface area contributed by atoms with Crippen LogP contribution in [0.1, 0.15) is 48.0 Å². The third-order valence-corrected chi connectivity index (χ3v) is 5.09. The number of rotatable bonds is 4. The molecule has 0 atom stereocenters. The van der Waals surface area contributed by atoms with Crippen molar-refractivity contribution in [3.05, 3.63) is 59.7 Å². The van der Waals surface area contributed by atoms with Gasteiger partial charge in [-0.05, 0) is 42.7 Å². The highest BCUT2D eigenvalue weighted by Crippen LogP contribution is 2.34. The van der Waals surface area contributed by atoms with Crippen molar-refractivity contribution in [1.82, 2.24) is 4.90 Å². The molecule has 4 heteroatoms. The number of carbonyl (C=O) groups excluding carboxylic acids is 1. The number of carbonyl (C=O) groups is 1. The monoisotopic (exact) mass is 337 g/mol. The van der Waals surface area contributed by atoms with Crippen LogP contribution < -0.4 is 9.47 Å². The minimum atomic E-state index is 0.116. The Kier molecular flexibility index (Phi) is 4.59. The van der Waals surface area contributed by atoms with Crippen molar-refractivity contribution in [2.45, 2.75) is 44.7 Å². The third-order valence-electron chi connectivity index (χ3n) is 5.09. The molecule has 1 aliphatic carbocycles. The molecule has 25 heavy (non-hydrogen) atoms. The molecule has 0 spiro atoms. The summed E-state index contributed by atoms with van der Waals surface area (Å²) in [6, 6.07) is 15.9. The molecule has 0 saturated heterocycles. The summed E-state index contributed by atoms with van der Waals surface area (Å²) in [6.45, 7) is 0.878. The van der Waals surface area contributed by atoms with Crippen LogP contribution in [0, 0.1) is 0 Å². The maximum atomic E-state index is 13.2. The van der Waals surface area contributed by atoms with Gasteiger partial charge in [0.15, 0.2) is 11.5 Å². The van der Waals surface area contributed by atoms with Crippen LogP contribution in [0.3, 0.4) is 0 Å². The lowest BCUT2D eigenvalue weighted by Gasteiger charge is -2.34. The summed E-state index contributed by atoms with van der Waals surface area (Å²) >= 11 is 0. The van der Waals surface area contributed by atoms with Crippen LogP contribution in [0.2, 0.25) is 0 Å². The van der Waals surface area contributed by atoms with Gasteiger partial charge in [-0.3, -0.25) is 4.79 Å². The van der Waals surface area contributed by atoms with Gasteiger partial charge >= 0.3 is 0 Å². The van der Waals surface area contributed by atoms with Crippen molar-refractivity contribution in [2.24, 2.45) is 0 Å². The van der Waals surface area contributed by atoms with Gasteiger partial charge in [-0.1, -0.05) is 43.5 Å².